The average molecular weight is 365 g/mol. The molecule has 27 heavy (non-hydrogen) atoms. The lowest BCUT2D eigenvalue weighted by Gasteiger charge is -2.22. The highest BCUT2D eigenvalue weighted by Gasteiger charge is 2.35. The molecule has 4 rings (SSSR count). The number of nitrogens with zero attached hydrogens (tertiary/aromatic N) is 1. The standard InChI is InChI=1S/C22H23NO4/c1-25-14-19-18-5-3-4-6-20(18)27-21(19)22(24)23(16-9-10-16)13-15-7-11-17(26-2)12-8-15/h3-8,11-12,16H,9-10,13-14H2,1-2H3. The Hall–Kier alpha value is -2.79. The van der Waals surface area contributed by atoms with E-state index in [1.165, 1.54) is 0 Å². The highest BCUT2D eigenvalue weighted by atomic mass is 16.5. The fourth-order valence-electron chi connectivity index (χ4n) is 3.37. The molecule has 1 saturated carbocycles. The Kier molecular flexibility index (Phi) is 4.86. The first-order chi connectivity index (χ1) is 13.2. The molecule has 2 aromatic carbocycles. The van der Waals surface area contributed by atoms with E-state index in [1.54, 1.807) is 14.2 Å². The minimum absolute atomic E-state index is 0.0726. The van der Waals surface area contributed by atoms with Gasteiger partial charge in [0.1, 0.15) is 11.3 Å². The van der Waals surface area contributed by atoms with E-state index < -0.39 is 0 Å². The number of ether oxygens (including phenoxy) is 2. The number of methoxy groups -OCH3 is 2. The highest BCUT2D eigenvalue weighted by Crippen LogP contribution is 2.33. The number of hydrogen-bond acceptors (Lipinski definition) is 4. The number of furan rings is 1. The summed E-state index contributed by atoms with van der Waals surface area (Å²) in [5.74, 6) is 1.12. The molecule has 0 radical (unpaired) electrons. The van der Waals surface area contributed by atoms with Crippen molar-refractivity contribution in [2.24, 2.45) is 0 Å². The zero-order valence-electron chi connectivity index (χ0n) is 15.6. The fourth-order valence-corrected chi connectivity index (χ4v) is 3.37. The summed E-state index contributed by atoms with van der Waals surface area (Å²) in [5, 5.41) is 0.933. The summed E-state index contributed by atoms with van der Waals surface area (Å²) in [4.78, 5) is 15.3. The molecule has 0 unspecified atom stereocenters. The molecule has 0 N–H and O–H groups in total. The van der Waals surface area contributed by atoms with E-state index in [0.717, 1.165) is 35.1 Å². The monoisotopic (exact) mass is 365 g/mol. The minimum Gasteiger partial charge on any atom is -0.497 e. The van der Waals surface area contributed by atoms with Crippen LogP contribution >= 0.6 is 0 Å². The molecule has 0 spiro atoms. The highest BCUT2D eigenvalue weighted by molar-refractivity contribution is 5.99. The SMILES string of the molecule is COCc1c(C(=O)N(Cc2ccc(OC)cc2)C2CC2)oc2ccccc12. The van der Waals surface area contributed by atoms with E-state index in [-0.39, 0.29) is 11.9 Å². The first-order valence-electron chi connectivity index (χ1n) is 9.14. The maximum atomic E-state index is 13.4. The minimum atomic E-state index is -0.0726. The van der Waals surface area contributed by atoms with Gasteiger partial charge in [-0.2, -0.15) is 0 Å². The van der Waals surface area contributed by atoms with Crippen LogP contribution in [0.3, 0.4) is 0 Å². The topological polar surface area (TPSA) is 51.9 Å². The average Bonchev–Trinajstić information content (AvgIpc) is 3.48. The van der Waals surface area contributed by atoms with Crippen LogP contribution < -0.4 is 4.74 Å². The second-order valence-corrected chi connectivity index (χ2v) is 6.85. The van der Waals surface area contributed by atoms with Crippen LogP contribution in [-0.4, -0.2) is 31.1 Å². The molecule has 0 saturated heterocycles. The van der Waals surface area contributed by atoms with Crippen LogP contribution in [0.5, 0.6) is 5.75 Å². The lowest BCUT2D eigenvalue weighted by Crippen LogP contribution is -2.33. The number of carbonyl (C=O) groups is 1. The van der Waals surface area contributed by atoms with Crippen molar-refractivity contribution in [3.8, 4) is 5.75 Å². The lowest BCUT2D eigenvalue weighted by molar-refractivity contribution is 0.0693. The first-order valence-corrected chi connectivity index (χ1v) is 9.14. The van der Waals surface area contributed by atoms with Gasteiger partial charge in [0.05, 0.1) is 13.7 Å². The van der Waals surface area contributed by atoms with Crippen LogP contribution in [0.4, 0.5) is 0 Å². The second kappa shape index (κ2) is 7.45. The van der Waals surface area contributed by atoms with E-state index in [0.29, 0.717) is 24.5 Å². The molecule has 1 aliphatic carbocycles. The van der Waals surface area contributed by atoms with Crippen molar-refractivity contribution >= 4 is 16.9 Å². The van der Waals surface area contributed by atoms with Gasteiger partial charge in [-0.1, -0.05) is 30.3 Å². The molecule has 1 heterocycles. The molecule has 0 atom stereocenters. The van der Waals surface area contributed by atoms with Crippen molar-refractivity contribution in [3.63, 3.8) is 0 Å². The van der Waals surface area contributed by atoms with Crippen molar-refractivity contribution in [3.05, 3.63) is 65.4 Å². The van der Waals surface area contributed by atoms with Gasteiger partial charge < -0.3 is 18.8 Å². The summed E-state index contributed by atoms with van der Waals surface area (Å²) in [7, 11) is 3.28. The second-order valence-electron chi connectivity index (χ2n) is 6.85. The third-order valence-electron chi connectivity index (χ3n) is 4.94. The van der Waals surface area contributed by atoms with Gasteiger partial charge in [0, 0.05) is 30.6 Å². The molecular weight excluding hydrogens is 342 g/mol. The van der Waals surface area contributed by atoms with Gasteiger partial charge in [0.25, 0.3) is 5.91 Å². The van der Waals surface area contributed by atoms with Crippen LogP contribution in [0.15, 0.2) is 52.9 Å². The molecule has 1 fully saturated rings. The third-order valence-corrected chi connectivity index (χ3v) is 4.94. The van der Waals surface area contributed by atoms with E-state index in [9.17, 15) is 4.79 Å². The Morgan fingerprint density at radius 1 is 1.11 bits per heavy atom. The Balaban J connectivity index is 1.66. The predicted molar refractivity (Wildman–Crippen MR) is 103 cm³/mol. The third kappa shape index (κ3) is 3.55. The van der Waals surface area contributed by atoms with Gasteiger partial charge in [-0.05, 0) is 36.6 Å². The van der Waals surface area contributed by atoms with Crippen molar-refractivity contribution < 1.29 is 18.7 Å². The van der Waals surface area contributed by atoms with Crippen LogP contribution in [0.25, 0.3) is 11.0 Å². The molecule has 1 aliphatic rings. The molecular formula is C22H23NO4. The van der Waals surface area contributed by atoms with Gasteiger partial charge in [-0.25, -0.2) is 0 Å². The number of para-hydroxylation sites is 1. The number of rotatable bonds is 7. The van der Waals surface area contributed by atoms with Gasteiger partial charge in [-0.3, -0.25) is 4.79 Å². The number of benzene rings is 2. The fraction of sp³-hybridized carbons (Fsp3) is 0.318. The first kappa shape index (κ1) is 17.6. The summed E-state index contributed by atoms with van der Waals surface area (Å²) in [6.07, 6.45) is 2.06. The van der Waals surface area contributed by atoms with Crippen molar-refractivity contribution in [1.82, 2.24) is 4.90 Å². The summed E-state index contributed by atoms with van der Waals surface area (Å²) < 4.78 is 16.5. The molecule has 0 bridgehead atoms. The van der Waals surface area contributed by atoms with Gasteiger partial charge >= 0.3 is 0 Å². The van der Waals surface area contributed by atoms with E-state index in [2.05, 4.69) is 0 Å². The smallest absolute Gasteiger partial charge is 0.290 e. The predicted octanol–water partition coefficient (Wildman–Crippen LogP) is 4.39. The molecule has 140 valence electrons. The van der Waals surface area contributed by atoms with E-state index >= 15 is 0 Å². The van der Waals surface area contributed by atoms with Crippen LogP contribution in [0.1, 0.15) is 34.5 Å². The number of amides is 1. The number of carbonyl (C=O) groups excluding carboxylic acids is 1. The zero-order chi connectivity index (χ0) is 18.8. The Morgan fingerprint density at radius 3 is 2.52 bits per heavy atom. The Morgan fingerprint density at radius 2 is 1.85 bits per heavy atom. The normalized spacial score (nSPS) is 13.7. The van der Waals surface area contributed by atoms with Gasteiger partial charge in [0.15, 0.2) is 5.76 Å². The molecule has 1 aromatic heterocycles. The maximum Gasteiger partial charge on any atom is 0.290 e. The summed E-state index contributed by atoms with van der Waals surface area (Å²) in [5.41, 5.74) is 2.60. The number of hydrogen-bond donors (Lipinski definition) is 0. The summed E-state index contributed by atoms with van der Waals surface area (Å²) >= 11 is 0. The van der Waals surface area contributed by atoms with Crippen molar-refractivity contribution in [1.29, 1.82) is 0 Å². The van der Waals surface area contributed by atoms with Gasteiger partial charge in [-0.15, -0.1) is 0 Å². The van der Waals surface area contributed by atoms with Crippen LogP contribution in [0.2, 0.25) is 0 Å². The molecule has 5 heteroatoms. The molecule has 3 aromatic rings. The largest absolute Gasteiger partial charge is 0.497 e. The van der Waals surface area contributed by atoms with Gasteiger partial charge in [0.2, 0.25) is 0 Å². The summed E-state index contributed by atoms with van der Waals surface area (Å²) in [6.45, 7) is 0.899. The quantitative estimate of drug-likeness (QED) is 0.623. The van der Waals surface area contributed by atoms with Crippen LogP contribution in [0, 0.1) is 0 Å². The Labute approximate surface area is 158 Å². The maximum absolute atomic E-state index is 13.4. The summed E-state index contributed by atoms with van der Waals surface area (Å²) in [6, 6.07) is 15.8. The molecule has 0 aliphatic heterocycles. The van der Waals surface area contributed by atoms with Crippen molar-refractivity contribution in [2.75, 3.05) is 14.2 Å². The molecule has 1 amide bonds. The van der Waals surface area contributed by atoms with Crippen molar-refractivity contribution in [2.45, 2.75) is 32.0 Å². The Bertz CT molecular complexity index is 941. The zero-order valence-corrected chi connectivity index (χ0v) is 15.6. The lowest BCUT2D eigenvalue weighted by atomic mass is 10.1. The molecule has 5 nitrogen and oxygen atoms in total. The number of fused-ring (bicyclic) bond motifs is 1. The van der Waals surface area contributed by atoms with E-state index in [1.807, 2.05) is 53.4 Å². The van der Waals surface area contributed by atoms with E-state index in [4.69, 9.17) is 13.9 Å². The van der Waals surface area contributed by atoms with Crippen LogP contribution in [-0.2, 0) is 17.9 Å².